The highest BCUT2D eigenvalue weighted by Crippen LogP contribution is 2.51. The Bertz CT molecular complexity index is 409. The Hall–Kier alpha value is -0.340. The molecule has 0 aromatic carbocycles. The van der Waals surface area contributed by atoms with Crippen LogP contribution in [0.3, 0.4) is 0 Å². The van der Waals surface area contributed by atoms with Crippen LogP contribution in [-0.2, 0) is 0 Å². The van der Waals surface area contributed by atoms with Crippen molar-refractivity contribution in [3.8, 4) is 0 Å². The number of aryl methyl sites for hydroxylation is 2. The van der Waals surface area contributed by atoms with Crippen LogP contribution in [0.2, 0.25) is 0 Å². The molecule has 94 valence electrons. The number of hydrogen-bond donors (Lipinski definition) is 1. The maximum absolute atomic E-state index is 6.43. The Morgan fingerprint density at radius 1 is 1.35 bits per heavy atom. The normalized spacial score (nSPS) is 33.2. The van der Waals surface area contributed by atoms with Gasteiger partial charge in [0, 0.05) is 15.8 Å². The third-order valence-electron chi connectivity index (χ3n) is 4.86. The zero-order valence-corrected chi connectivity index (χ0v) is 11.7. The van der Waals surface area contributed by atoms with E-state index in [1.54, 1.807) is 0 Å². The molecule has 0 amide bonds. The highest BCUT2D eigenvalue weighted by Gasteiger charge is 2.40. The van der Waals surface area contributed by atoms with E-state index in [1.807, 2.05) is 11.3 Å². The van der Waals surface area contributed by atoms with Gasteiger partial charge in [0.25, 0.3) is 0 Å². The summed E-state index contributed by atoms with van der Waals surface area (Å²) in [6, 6.07) is 2.57. The number of rotatable bonds is 3. The minimum atomic E-state index is 0.290. The monoisotopic (exact) mass is 249 g/mol. The highest BCUT2D eigenvalue weighted by atomic mass is 32.1. The molecule has 1 nitrogen and oxygen atoms in total. The van der Waals surface area contributed by atoms with Crippen molar-refractivity contribution in [3.63, 3.8) is 0 Å². The molecular weight excluding hydrogens is 226 g/mol. The van der Waals surface area contributed by atoms with Crippen LogP contribution in [-0.4, -0.2) is 0 Å². The molecule has 0 spiro atoms. The zero-order valence-electron chi connectivity index (χ0n) is 10.9. The third kappa shape index (κ3) is 2.17. The summed E-state index contributed by atoms with van der Waals surface area (Å²) < 4.78 is 0. The van der Waals surface area contributed by atoms with Crippen molar-refractivity contribution in [2.75, 3.05) is 0 Å². The lowest BCUT2D eigenvalue weighted by atomic mass is 9.84. The van der Waals surface area contributed by atoms with E-state index < -0.39 is 0 Å². The molecule has 2 aliphatic carbocycles. The fraction of sp³-hybridized carbons (Fsp3) is 0.733. The van der Waals surface area contributed by atoms with E-state index in [9.17, 15) is 0 Å². The van der Waals surface area contributed by atoms with Gasteiger partial charge in [-0.25, -0.2) is 0 Å². The molecule has 1 aromatic heterocycles. The summed E-state index contributed by atoms with van der Waals surface area (Å²) in [6.07, 6.45) is 7.15. The maximum atomic E-state index is 6.43. The number of nitrogens with two attached hydrogens (primary N) is 1. The molecule has 1 aromatic rings. The molecule has 2 heteroatoms. The number of fused-ring (bicyclic) bond motifs is 2. The van der Waals surface area contributed by atoms with Crippen LogP contribution >= 0.6 is 11.3 Å². The number of thiophene rings is 1. The Morgan fingerprint density at radius 2 is 2.18 bits per heavy atom. The highest BCUT2D eigenvalue weighted by molar-refractivity contribution is 7.12. The first-order chi connectivity index (χ1) is 8.13. The molecular formula is C15H23NS. The van der Waals surface area contributed by atoms with E-state index in [2.05, 4.69) is 19.9 Å². The predicted octanol–water partition coefficient (Wildman–Crippen LogP) is 4.19. The molecule has 0 radical (unpaired) electrons. The van der Waals surface area contributed by atoms with Crippen LogP contribution in [0.4, 0.5) is 0 Å². The summed E-state index contributed by atoms with van der Waals surface area (Å²) in [5.74, 6) is 2.97. The van der Waals surface area contributed by atoms with E-state index in [0.29, 0.717) is 0 Å². The predicted molar refractivity (Wildman–Crippen MR) is 74.3 cm³/mol. The molecule has 2 saturated carbocycles. The second-order valence-electron chi connectivity index (χ2n) is 6.18. The molecule has 1 heterocycles. The average molecular weight is 249 g/mol. The first kappa shape index (κ1) is 11.7. The van der Waals surface area contributed by atoms with Crippen molar-refractivity contribution in [3.05, 3.63) is 21.4 Å². The minimum absolute atomic E-state index is 0.290. The van der Waals surface area contributed by atoms with Gasteiger partial charge >= 0.3 is 0 Å². The zero-order chi connectivity index (χ0) is 12.0. The van der Waals surface area contributed by atoms with Crippen LogP contribution < -0.4 is 5.73 Å². The summed E-state index contributed by atoms with van der Waals surface area (Å²) in [7, 11) is 0. The summed E-state index contributed by atoms with van der Waals surface area (Å²) in [5.41, 5.74) is 7.84. The quantitative estimate of drug-likeness (QED) is 0.854. The molecule has 2 aliphatic rings. The SMILES string of the molecule is Cc1cc(C)c(C(N)CC2CC3CCC2C3)s1. The second kappa shape index (κ2) is 4.40. The molecule has 3 rings (SSSR count). The van der Waals surface area contributed by atoms with E-state index >= 15 is 0 Å². The van der Waals surface area contributed by atoms with Gasteiger partial charge in [0.15, 0.2) is 0 Å². The van der Waals surface area contributed by atoms with Crippen molar-refractivity contribution >= 4 is 11.3 Å². The summed E-state index contributed by atoms with van der Waals surface area (Å²) >= 11 is 1.90. The Morgan fingerprint density at radius 3 is 2.71 bits per heavy atom. The second-order valence-corrected chi connectivity index (χ2v) is 7.47. The lowest BCUT2D eigenvalue weighted by Crippen LogP contribution is -2.19. The lowest BCUT2D eigenvalue weighted by molar-refractivity contribution is 0.297. The van der Waals surface area contributed by atoms with Gasteiger partial charge in [0.1, 0.15) is 0 Å². The van der Waals surface area contributed by atoms with Crippen molar-refractivity contribution in [2.24, 2.45) is 23.5 Å². The Kier molecular flexibility index (Phi) is 3.04. The van der Waals surface area contributed by atoms with Crippen molar-refractivity contribution in [2.45, 2.75) is 52.0 Å². The molecule has 2 bridgehead atoms. The van der Waals surface area contributed by atoms with Gasteiger partial charge in [-0.2, -0.15) is 0 Å². The first-order valence-electron chi connectivity index (χ1n) is 6.96. The van der Waals surface area contributed by atoms with Crippen LogP contribution in [0.25, 0.3) is 0 Å². The number of hydrogen-bond acceptors (Lipinski definition) is 2. The van der Waals surface area contributed by atoms with Gasteiger partial charge in [-0.3, -0.25) is 0 Å². The van der Waals surface area contributed by atoms with Gasteiger partial charge < -0.3 is 5.73 Å². The molecule has 4 atom stereocenters. The fourth-order valence-electron chi connectivity index (χ4n) is 4.13. The van der Waals surface area contributed by atoms with Gasteiger partial charge in [-0.05, 0) is 68.9 Å². The standard InChI is InChI=1S/C15H23NS/c1-9-5-10(2)17-15(9)14(16)8-13-7-11-3-4-12(13)6-11/h5,11-14H,3-4,6-8,16H2,1-2H3. The average Bonchev–Trinajstić information content (AvgIpc) is 2.93. The summed E-state index contributed by atoms with van der Waals surface area (Å²) in [5, 5.41) is 0. The van der Waals surface area contributed by atoms with Crippen LogP contribution in [0, 0.1) is 31.6 Å². The molecule has 2 N–H and O–H groups in total. The fourth-order valence-corrected chi connectivity index (χ4v) is 5.18. The van der Waals surface area contributed by atoms with Gasteiger partial charge in [0.05, 0.1) is 0 Å². The van der Waals surface area contributed by atoms with Crippen LogP contribution in [0.1, 0.15) is 53.5 Å². The van der Waals surface area contributed by atoms with Crippen molar-refractivity contribution in [1.82, 2.24) is 0 Å². The van der Waals surface area contributed by atoms with Gasteiger partial charge in [-0.1, -0.05) is 6.42 Å². The summed E-state index contributed by atoms with van der Waals surface area (Å²) in [6.45, 7) is 4.39. The maximum Gasteiger partial charge on any atom is 0.0395 e. The molecule has 4 unspecified atom stereocenters. The topological polar surface area (TPSA) is 26.0 Å². The van der Waals surface area contributed by atoms with E-state index in [4.69, 9.17) is 5.73 Å². The molecule has 17 heavy (non-hydrogen) atoms. The van der Waals surface area contributed by atoms with Crippen LogP contribution in [0.15, 0.2) is 6.07 Å². The molecule has 0 saturated heterocycles. The van der Waals surface area contributed by atoms with E-state index in [-0.39, 0.29) is 6.04 Å². The third-order valence-corrected chi connectivity index (χ3v) is 6.14. The van der Waals surface area contributed by atoms with Crippen molar-refractivity contribution < 1.29 is 0 Å². The van der Waals surface area contributed by atoms with E-state index in [1.165, 1.54) is 47.4 Å². The largest absolute Gasteiger partial charge is 0.323 e. The van der Waals surface area contributed by atoms with Crippen molar-refractivity contribution in [1.29, 1.82) is 0 Å². The molecule has 2 fully saturated rings. The smallest absolute Gasteiger partial charge is 0.0395 e. The Labute approximate surface area is 108 Å². The first-order valence-corrected chi connectivity index (χ1v) is 7.77. The Balaban J connectivity index is 1.67. The minimum Gasteiger partial charge on any atom is -0.323 e. The van der Waals surface area contributed by atoms with E-state index in [0.717, 1.165) is 17.8 Å². The van der Waals surface area contributed by atoms with Crippen LogP contribution in [0.5, 0.6) is 0 Å². The lowest BCUT2D eigenvalue weighted by Gasteiger charge is -2.24. The molecule has 0 aliphatic heterocycles. The van der Waals surface area contributed by atoms with Gasteiger partial charge in [0.2, 0.25) is 0 Å². The van der Waals surface area contributed by atoms with Gasteiger partial charge in [-0.15, -0.1) is 11.3 Å². The summed E-state index contributed by atoms with van der Waals surface area (Å²) in [4.78, 5) is 2.84.